The van der Waals surface area contributed by atoms with Crippen LogP contribution >= 0.6 is 0 Å². The van der Waals surface area contributed by atoms with Crippen molar-refractivity contribution in [2.75, 3.05) is 0 Å². The maximum absolute atomic E-state index is 5.55. The molecule has 0 fully saturated rings. The van der Waals surface area contributed by atoms with Crippen LogP contribution in [0.4, 0.5) is 0 Å². The van der Waals surface area contributed by atoms with E-state index in [2.05, 4.69) is 377 Å². The summed E-state index contributed by atoms with van der Waals surface area (Å²) in [4.78, 5) is 26.2. The quantitative estimate of drug-likeness (QED) is 0.0941. The standard InChI is InChI=1S/C40H23NSe2.C38H21N3Se2.C33H18N4Se2/c1-2-12-25-23-26(22-21-24(25)11-1)35-27-13-3-5-15-29(27)36(30-16-6-4-14-28(30)35)41-37-31-17-7-9-19-33(31)42-39(37)40-38(41)32-18-8-10-20-34(32)43-40;1-2-12-22(13-3-1)32-31-25-16-6-4-14-23(25)24-15-5-7-17-26(24)33(31)40-38(39-32)41-34-27-18-8-10-20-29(27)42-36(34)37-35(41)28-19-9-11-21-30(28)43-37;1-2-10-21-19(8-1)15-16-24-27(20-9-7-17-34-18-20)35-33(36-28(21)24)37-29-22-11-3-5-13-25(22)38-31(29)32-30(37)23-12-4-6-14-26(23)39-32/h1-23H;1-21H;1-18H. The zero-order valence-electron chi connectivity index (χ0n) is 66.3. The Morgan fingerprint density at radius 2 is 0.560 bits per heavy atom. The summed E-state index contributed by atoms with van der Waals surface area (Å²) < 4.78 is 25.5. The predicted octanol–water partition coefficient (Wildman–Crippen LogP) is 26.8. The molecule has 0 radical (unpaired) electrons. The molecule has 0 spiro atoms. The Morgan fingerprint density at radius 1 is 0.208 bits per heavy atom. The molecule has 29 aromatic rings. The summed E-state index contributed by atoms with van der Waals surface area (Å²) in [6.45, 7) is 0. The Labute approximate surface area is 748 Å². The maximum atomic E-state index is 5.55. The topological polar surface area (TPSA) is 79.2 Å². The van der Waals surface area contributed by atoms with E-state index in [-0.39, 0.29) is 58.0 Å². The number of hydrogen-bond donors (Lipinski definition) is 0. The van der Waals surface area contributed by atoms with Crippen LogP contribution < -0.4 is 0 Å². The average molecular weight is 1980 g/mol. The second-order valence-electron chi connectivity index (χ2n) is 31.9. The molecular formula is C111H62N8Se6. The summed E-state index contributed by atoms with van der Waals surface area (Å²) in [5.74, 6) is 1.49. The first-order chi connectivity index (χ1) is 62.0. The van der Waals surface area contributed by atoms with Gasteiger partial charge in [0.1, 0.15) is 0 Å². The molecule has 0 aliphatic carbocycles. The molecular weight excluding hydrogens is 1920 g/mol. The van der Waals surface area contributed by atoms with Crippen LogP contribution in [-0.4, -0.2) is 126 Å². The van der Waals surface area contributed by atoms with E-state index in [1.807, 2.05) is 18.5 Å². The Hall–Kier alpha value is -12.9. The van der Waals surface area contributed by atoms with Crippen molar-refractivity contribution >= 4 is 290 Å². The van der Waals surface area contributed by atoms with Gasteiger partial charge in [0, 0.05) is 0 Å². The fourth-order valence-electron chi connectivity index (χ4n) is 19.7. The molecule has 0 amide bonds. The third kappa shape index (κ3) is 11.1. The van der Waals surface area contributed by atoms with Crippen molar-refractivity contribution in [1.82, 2.24) is 38.6 Å². The summed E-state index contributed by atoms with van der Waals surface area (Å²) in [6, 6.07) is 133. The van der Waals surface area contributed by atoms with E-state index in [4.69, 9.17) is 19.9 Å². The SMILES string of the molecule is c1ccc(-c2nc(-n3c4c5ccccc5[se]c4c4[se]c5ccccc5c43)nc3c4ccccc4c4ccccc4c23)cc1.c1ccc2cc(-c3c4ccccc4c(-n4c5c6ccccc6[se]c5c5[se]c6ccccc6c54)c4ccccc34)ccc2c1.c1cncc(-c2nc(-n3c4c5ccccc5[se]c4c4[se]c5ccccc5c43)nc3c2ccc2ccccc23)c1. The van der Waals surface area contributed by atoms with Gasteiger partial charge < -0.3 is 0 Å². The van der Waals surface area contributed by atoms with Crippen molar-refractivity contribution in [3.8, 4) is 51.2 Å². The van der Waals surface area contributed by atoms with Gasteiger partial charge in [0.05, 0.1) is 0 Å². The predicted molar refractivity (Wildman–Crippen MR) is 534 cm³/mol. The van der Waals surface area contributed by atoms with Crippen molar-refractivity contribution in [1.29, 1.82) is 0 Å². The number of fused-ring (bicyclic) bond motifs is 33. The van der Waals surface area contributed by atoms with E-state index in [1.165, 1.54) is 179 Å². The van der Waals surface area contributed by atoms with Crippen LogP contribution in [0.2, 0.25) is 0 Å². The van der Waals surface area contributed by atoms with Crippen molar-refractivity contribution < 1.29 is 0 Å². The molecule has 12 heterocycles. The van der Waals surface area contributed by atoms with Crippen LogP contribution in [0.5, 0.6) is 0 Å². The second-order valence-corrected chi connectivity index (χ2v) is 45.1. The summed E-state index contributed by atoms with van der Waals surface area (Å²) in [7, 11) is 0. The number of pyridine rings is 1. The second kappa shape index (κ2) is 28.8. The third-order valence-corrected chi connectivity index (χ3v) is 41.9. The van der Waals surface area contributed by atoms with Gasteiger partial charge in [-0.2, -0.15) is 0 Å². The van der Waals surface area contributed by atoms with Crippen LogP contribution in [0, 0.1) is 0 Å². The third-order valence-electron chi connectivity index (χ3n) is 25.1. The zero-order chi connectivity index (χ0) is 81.6. The van der Waals surface area contributed by atoms with Gasteiger partial charge in [-0.3, -0.25) is 0 Å². The summed E-state index contributed by atoms with van der Waals surface area (Å²) in [6.07, 6.45) is 3.72. The molecule has 0 saturated carbocycles. The molecule has 12 aromatic heterocycles. The van der Waals surface area contributed by atoms with E-state index < -0.39 is 0 Å². The van der Waals surface area contributed by atoms with Crippen LogP contribution in [-0.2, 0) is 0 Å². The minimum atomic E-state index is 0.257. The van der Waals surface area contributed by atoms with Crippen molar-refractivity contribution in [3.05, 3.63) is 376 Å². The van der Waals surface area contributed by atoms with Crippen molar-refractivity contribution in [3.63, 3.8) is 0 Å². The van der Waals surface area contributed by atoms with Crippen LogP contribution in [0.3, 0.4) is 0 Å². The van der Waals surface area contributed by atoms with Gasteiger partial charge in [0.2, 0.25) is 0 Å². The molecule has 0 saturated heterocycles. The van der Waals surface area contributed by atoms with E-state index in [1.54, 1.807) is 8.52 Å². The summed E-state index contributed by atoms with van der Waals surface area (Å²) >= 11 is 1.66. The molecule has 14 heteroatoms. The fraction of sp³-hybridized carbons (Fsp3) is 0. The number of benzene rings is 17. The van der Waals surface area contributed by atoms with E-state index >= 15 is 0 Å². The first-order valence-electron chi connectivity index (χ1n) is 41.7. The Kier molecular flexibility index (Phi) is 16.7. The Bertz CT molecular complexity index is 9290. The van der Waals surface area contributed by atoms with Gasteiger partial charge >= 0.3 is 750 Å². The molecule has 0 N–H and O–H groups in total. The van der Waals surface area contributed by atoms with Crippen LogP contribution in [0.1, 0.15) is 0 Å². The van der Waals surface area contributed by atoms with Gasteiger partial charge in [-0.15, -0.1) is 0 Å². The first kappa shape index (κ1) is 72.5. The molecule has 17 aromatic carbocycles. The molecule has 0 unspecified atom stereocenters. The average Bonchev–Trinajstić information content (AvgIpc) is 1.46. The molecule has 0 aliphatic heterocycles. The van der Waals surface area contributed by atoms with E-state index in [0.717, 1.165) is 67.0 Å². The van der Waals surface area contributed by atoms with Crippen LogP contribution in [0.15, 0.2) is 376 Å². The molecule has 29 rings (SSSR count). The number of hydrogen-bond acceptors (Lipinski definition) is 5. The number of rotatable bonds is 6. The molecule has 125 heavy (non-hydrogen) atoms. The van der Waals surface area contributed by atoms with E-state index in [9.17, 15) is 0 Å². The normalized spacial score (nSPS) is 12.2. The number of nitrogens with zero attached hydrogens (tertiary/aromatic N) is 8. The molecule has 0 atom stereocenters. The molecule has 0 bridgehead atoms. The van der Waals surface area contributed by atoms with Gasteiger partial charge in [-0.25, -0.2) is 0 Å². The van der Waals surface area contributed by atoms with Gasteiger partial charge in [0.15, 0.2) is 0 Å². The monoisotopic (exact) mass is 1990 g/mol. The molecule has 582 valence electrons. The fourth-order valence-corrected chi connectivity index (χ4v) is 36.7. The molecule has 0 aliphatic rings. The molecule has 8 nitrogen and oxygen atoms in total. The first-order valence-corrected chi connectivity index (χ1v) is 52.0. The van der Waals surface area contributed by atoms with Crippen molar-refractivity contribution in [2.45, 2.75) is 0 Å². The Balaban J connectivity index is 0.0000000979. The van der Waals surface area contributed by atoms with Gasteiger partial charge in [-0.1, -0.05) is 6.07 Å². The van der Waals surface area contributed by atoms with Gasteiger partial charge in [-0.05, 0) is 0 Å². The number of aromatic nitrogens is 8. The summed E-state index contributed by atoms with van der Waals surface area (Å²) in [5, 5.41) is 25.1. The Morgan fingerprint density at radius 3 is 1.03 bits per heavy atom. The minimum absolute atomic E-state index is 0.257. The van der Waals surface area contributed by atoms with Gasteiger partial charge in [0.25, 0.3) is 0 Å². The van der Waals surface area contributed by atoms with Crippen molar-refractivity contribution in [2.24, 2.45) is 0 Å². The van der Waals surface area contributed by atoms with Crippen LogP contribution in [0.25, 0.3) is 254 Å². The summed E-state index contributed by atoms with van der Waals surface area (Å²) in [5.41, 5.74) is 17.9. The zero-order valence-corrected chi connectivity index (χ0v) is 76.6. The van der Waals surface area contributed by atoms with E-state index in [0.29, 0.717) is 29.0 Å².